The van der Waals surface area contributed by atoms with Crippen molar-refractivity contribution in [2.75, 3.05) is 11.9 Å². The Hall–Kier alpha value is -1.59. The van der Waals surface area contributed by atoms with Gasteiger partial charge in [-0.3, -0.25) is 9.59 Å². The molecule has 0 aromatic heterocycles. The highest BCUT2D eigenvalue weighted by Crippen LogP contribution is 2.20. The van der Waals surface area contributed by atoms with Crippen molar-refractivity contribution in [3.8, 4) is 0 Å². The van der Waals surface area contributed by atoms with Gasteiger partial charge in [0.15, 0.2) is 0 Å². The van der Waals surface area contributed by atoms with Crippen LogP contribution in [0.1, 0.15) is 63.2 Å². The van der Waals surface area contributed by atoms with Gasteiger partial charge in [-0.2, -0.15) is 0 Å². The number of nitrogens with two attached hydrogens (primary N) is 1. The fourth-order valence-electron chi connectivity index (χ4n) is 3.17. The number of hydrogen-bond donors (Lipinski definition) is 2. The van der Waals surface area contributed by atoms with E-state index < -0.39 is 5.54 Å². The molecule has 1 saturated heterocycles. The van der Waals surface area contributed by atoms with E-state index in [1.807, 2.05) is 11.8 Å². The molecule has 1 aromatic carbocycles. The van der Waals surface area contributed by atoms with Gasteiger partial charge in [-0.1, -0.05) is 13.3 Å². The van der Waals surface area contributed by atoms with E-state index in [9.17, 15) is 9.59 Å². The van der Waals surface area contributed by atoms with E-state index in [4.69, 9.17) is 5.73 Å². The number of anilines is 1. The number of amides is 2. The van der Waals surface area contributed by atoms with Gasteiger partial charge < -0.3 is 16.0 Å². The predicted octanol–water partition coefficient (Wildman–Crippen LogP) is 3.58. The summed E-state index contributed by atoms with van der Waals surface area (Å²) >= 11 is 0. The average Bonchev–Trinajstić information content (AvgIpc) is 2.55. The van der Waals surface area contributed by atoms with E-state index in [1.165, 1.54) is 6.42 Å². The maximum absolute atomic E-state index is 12.6. The molecule has 2 rings (SSSR count). The van der Waals surface area contributed by atoms with Crippen molar-refractivity contribution in [3.05, 3.63) is 29.8 Å². The van der Waals surface area contributed by atoms with E-state index in [1.54, 1.807) is 31.2 Å². The number of hydrogen-bond acceptors (Lipinski definition) is 3. The van der Waals surface area contributed by atoms with Crippen LogP contribution in [-0.2, 0) is 4.79 Å². The highest BCUT2D eigenvalue weighted by Gasteiger charge is 2.27. The predicted molar refractivity (Wildman–Crippen MR) is 104 cm³/mol. The number of rotatable bonds is 5. The Morgan fingerprint density at radius 3 is 2.48 bits per heavy atom. The summed E-state index contributed by atoms with van der Waals surface area (Å²) in [6, 6.07) is 7.36. The van der Waals surface area contributed by atoms with E-state index in [2.05, 4.69) is 12.2 Å². The highest BCUT2D eigenvalue weighted by atomic mass is 35.5. The van der Waals surface area contributed by atoms with Gasteiger partial charge in [0.1, 0.15) is 0 Å². The molecule has 1 fully saturated rings. The van der Waals surface area contributed by atoms with Crippen molar-refractivity contribution < 1.29 is 9.59 Å². The lowest BCUT2D eigenvalue weighted by Crippen LogP contribution is -2.48. The molecular formula is C19H30ClN3O2. The smallest absolute Gasteiger partial charge is 0.254 e. The van der Waals surface area contributed by atoms with Crippen LogP contribution in [0.4, 0.5) is 5.69 Å². The zero-order valence-corrected chi connectivity index (χ0v) is 16.2. The third-order valence-corrected chi connectivity index (χ3v) is 4.74. The molecule has 5 nitrogen and oxygen atoms in total. The largest absolute Gasteiger partial charge is 0.336 e. The average molecular weight is 368 g/mol. The molecule has 3 N–H and O–H groups in total. The summed E-state index contributed by atoms with van der Waals surface area (Å²) in [6.07, 6.45) is 4.79. The molecule has 0 aliphatic carbocycles. The quantitative estimate of drug-likeness (QED) is 0.835. The number of halogens is 1. The third kappa shape index (κ3) is 5.44. The first-order chi connectivity index (χ1) is 11.3. The van der Waals surface area contributed by atoms with Crippen LogP contribution in [0.5, 0.6) is 0 Å². The Labute approximate surface area is 156 Å². The maximum Gasteiger partial charge on any atom is 0.254 e. The van der Waals surface area contributed by atoms with E-state index in [0.29, 0.717) is 17.7 Å². The first kappa shape index (κ1) is 21.5. The second-order valence-corrected chi connectivity index (χ2v) is 7.04. The number of nitrogens with one attached hydrogen (secondary N) is 1. The number of likely N-dealkylation sites (tertiary alicyclic amines) is 1. The molecule has 2 atom stereocenters. The monoisotopic (exact) mass is 367 g/mol. The number of piperidine rings is 1. The van der Waals surface area contributed by atoms with Crippen molar-refractivity contribution in [3.63, 3.8) is 0 Å². The molecule has 25 heavy (non-hydrogen) atoms. The van der Waals surface area contributed by atoms with Crippen LogP contribution >= 0.6 is 12.4 Å². The summed E-state index contributed by atoms with van der Waals surface area (Å²) in [7, 11) is 0. The Balaban J connectivity index is 0.00000312. The Morgan fingerprint density at radius 2 is 1.92 bits per heavy atom. The van der Waals surface area contributed by atoms with Crippen LogP contribution in [0.25, 0.3) is 0 Å². The summed E-state index contributed by atoms with van der Waals surface area (Å²) in [4.78, 5) is 26.8. The summed E-state index contributed by atoms with van der Waals surface area (Å²) in [6.45, 7) is 6.66. The van der Waals surface area contributed by atoms with Crippen molar-refractivity contribution in [2.45, 2.75) is 64.5 Å². The number of carbonyl (C=O) groups excluding carboxylic acids is 2. The Morgan fingerprint density at radius 1 is 1.28 bits per heavy atom. The molecule has 1 aliphatic rings. The van der Waals surface area contributed by atoms with Gasteiger partial charge in [0.2, 0.25) is 5.91 Å². The summed E-state index contributed by atoms with van der Waals surface area (Å²) < 4.78 is 0. The van der Waals surface area contributed by atoms with Crippen LogP contribution in [-0.4, -0.2) is 34.8 Å². The molecule has 2 unspecified atom stereocenters. The molecule has 1 aliphatic heterocycles. The molecule has 140 valence electrons. The molecular weight excluding hydrogens is 338 g/mol. The highest BCUT2D eigenvalue weighted by molar-refractivity contribution is 5.99. The van der Waals surface area contributed by atoms with Crippen LogP contribution < -0.4 is 11.1 Å². The van der Waals surface area contributed by atoms with Gasteiger partial charge in [-0.15, -0.1) is 12.4 Å². The SMILES string of the molecule is CCCC(C)(N)C(=O)Nc1ccc(C(=O)N2CCCCC2C)cc1.Cl. The fourth-order valence-corrected chi connectivity index (χ4v) is 3.17. The zero-order valence-electron chi connectivity index (χ0n) is 15.4. The van der Waals surface area contributed by atoms with Crippen molar-refractivity contribution in [2.24, 2.45) is 5.73 Å². The molecule has 1 heterocycles. The van der Waals surface area contributed by atoms with Gasteiger partial charge >= 0.3 is 0 Å². The topological polar surface area (TPSA) is 75.4 Å². The van der Waals surface area contributed by atoms with E-state index >= 15 is 0 Å². The fraction of sp³-hybridized carbons (Fsp3) is 0.579. The summed E-state index contributed by atoms with van der Waals surface area (Å²) in [5.74, 6) is -0.136. The van der Waals surface area contributed by atoms with Crippen molar-refractivity contribution in [1.29, 1.82) is 0 Å². The zero-order chi connectivity index (χ0) is 17.7. The standard InChI is InChI=1S/C19H29N3O2.ClH/c1-4-12-19(3,20)18(24)21-16-10-8-15(9-11-16)17(23)22-13-6-5-7-14(22)2;/h8-11,14H,4-7,12-13,20H2,1-3H3,(H,21,24);1H. The summed E-state index contributed by atoms with van der Waals surface area (Å²) in [5.41, 5.74) is 6.48. The second kappa shape index (κ2) is 9.20. The van der Waals surface area contributed by atoms with Crippen molar-refractivity contribution >= 4 is 29.9 Å². The molecule has 0 bridgehead atoms. The van der Waals surface area contributed by atoms with Gasteiger partial charge in [-0.05, 0) is 63.8 Å². The number of carbonyl (C=O) groups is 2. The van der Waals surface area contributed by atoms with Crippen LogP contribution in [0.2, 0.25) is 0 Å². The van der Waals surface area contributed by atoms with Gasteiger partial charge in [0.25, 0.3) is 5.91 Å². The second-order valence-electron chi connectivity index (χ2n) is 7.04. The maximum atomic E-state index is 12.6. The normalized spacial score (nSPS) is 19.5. The van der Waals surface area contributed by atoms with Gasteiger partial charge in [-0.25, -0.2) is 0 Å². The lowest BCUT2D eigenvalue weighted by atomic mass is 9.96. The van der Waals surface area contributed by atoms with E-state index in [-0.39, 0.29) is 30.3 Å². The molecule has 1 aromatic rings. The minimum absolute atomic E-state index is 0. The minimum atomic E-state index is -0.882. The van der Waals surface area contributed by atoms with Crippen molar-refractivity contribution in [1.82, 2.24) is 4.90 Å². The lowest BCUT2D eigenvalue weighted by Gasteiger charge is -2.33. The molecule has 2 amide bonds. The molecule has 0 spiro atoms. The first-order valence-corrected chi connectivity index (χ1v) is 8.86. The van der Waals surface area contributed by atoms with Crippen LogP contribution in [0, 0.1) is 0 Å². The Kier molecular flexibility index (Phi) is 7.90. The molecule has 0 saturated carbocycles. The number of nitrogens with zero attached hydrogens (tertiary/aromatic N) is 1. The third-order valence-electron chi connectivity index (χ3n) is 4.74. The minimum Gasteiger partial charge on any atom is -0.336 e. The van der Waals surface area contributed by atoms with Gasteiger partial charge in [0.05, 0.1) is 5.54 Å². The van der Waals surface area contributed by atoms with Crippen LogP contribution in [0.3, 0.4) is 0 Å². The Bertz CT molecular complexity index is 587. The lowest BCUT2D eigenvalue weighted by molar-refractivity contribution is -0.120. The first-order valence-electron chi connectivity index (χ1n) is 8.86. The molecule has 0 radical (unpaired) electrons. The van der Waals surface area contributed by atoms with E-state index in [0.717, 1.165) is 25.8 Å². The molecule has 6 heteroatoms. The van der Waals surface area contributed by atoms with Crippen LogP contribution in [0.15, 0.2) is 24.3 Å². The van der Waals surface area contributed by atoms with Gasteiger partial charge in [0, 0.05) is 23.8 Å². The summed E-state index contributed by atoms with van der Waals surface area (Å²) in [5, 5.41) is 2.83. The number of benzene rings is 1.